The number of ether oxygens (including phenoxy) is 1. The Morgan fingerprint density at radius 2 is 1.41 bits per heavy atom. The predicted molar refractivity (Wildman–Crippen MR) is 127 cm³/mol. The normalized spacial score (nSPS) is 11.7. The first kappa shape index (κ1) is 25.7. The van der Waals surface area contributed by atoms with Crippen molar-refractivity contribution in [2.45, 2.75) is 11.8 Å². The molecule has 4 aromatic rings. The largest absolute Gasteiger partial charge is 1.00 e. The fourth-order valence-corrected chi connectivity index (χ4v) is 3.73. The van der Waals surface area contributed by atoms with Gasteiger partial charge in [0.25, 0.3) is 10.1 Å². The Morgan fingerprint density at radius 3 is 2.09 bits per heavy atom. The van der Waals surface area contributed by atoms with Crippen LogP contribution in [0.1, 0.15) is 6.99 Å². The van der Waals surface area contributed by atoms with E-state index in [1.165, 1.54) is 12.1 Å². The molecule has 1 N–H and O–H groups in total. The Bertz CT molecular complexity index is 1500. The van der Waals surface area contributed by atoms with Crippen LogP contribution in [-0.2, 0) is 10.1 Å². The molecule has 0 unspecified atom stereocenters. The first-order chi connectivity index (χ1) is 15.8. The van der Waals surface area contributed by atoms with Gasteiger partial charge in [-0.05, 0) is 61.0 Å². The van der Waals surface area contributed by atoms with Crippen LogP contribution in [0.15, 0.2) is 104 Å². The Labute approximate surface area is 220 Å². The SMILES string of the molecule is COc1ccc(C)cc1N=Nc1ccc(N=Nc2ccccc2)c2ccc(S(=O)(=O)O)cc12.[H-].[Na+]. The van der Waals surface area contributed by atoms with Gasteiger partial charge in [-0.15, -0.1) is 15.3 Å². The maximum absolute atomic E-state index is 11.7. The average molecular weight is 485 g/mol. The van der Waals surface area contributed by atoms with E-state index in [1.54, 1.807) is 31.4 Å². The number of benzene rings is 4. The second kappa shape index (κ2) is 11.0. The van der Waals surface area contributed by atoms with Gasteiger partial charge in [-0.2, -0.15) is 13.5 Å². The van der Waals surface area contributed by atoms with E-state index in [0.717, 1.165) is 5.56 Å². The van der Waals surface area contributed by atoms with Gasteiger partial charge in [0.15, 0.2) is 0 Å². The number of methoxy groups -OCH3 is 1. The van der Waals surface area contributed by atoms with Gasteiger partial charge in [0.05, 0.1) is 29.1 Å². The van der Waals surface area contributed by atoms with Gasteiger partial charge in [-0.25, -0.2) is 0 Å². The van der Waals surface area contributed by atoms with E-state index in [4.69, 9.17) is 4.74 Å². The summed E-state index contributed by atoms with van der Waals surface area (Å²) in [6.45, 7) is 1.93. The zero-order chi connectivity index (χ0) is 23.4. The van der Waals surface area contributed by atoms with Crippen molar-refractivity contribution in [1.29, 1.82) is 0 Å². The van der Waals surface area contributed by atoms with Crippen molar-refractivity contribution in [3.63, 3.8) is 0 Å². The van der Waals surface area contributed by atoms with Crippen LogP contribution >= 0.6 is 0 Å². The molecule has 0 aliphatic carbocycles. The van der Waals surface area contributed by atoms with Crippen molar-refractivity contribution >= 4 is 43.6 Å². The molecule has 0 saturated heterocycles. The van der Waals surface area contributed by atoms with Crippen molar-refractivity contribution in [3.05, 3.63) is 84.4 Å². The topological polar surface area (TPSA) is 113 Å². The smallest absolute Gasteiger partial charge is 1.00 e. The van der Waals surface area contributed by atoms with Crippen LogP contribution in [-0.4, -0.2) is 20.1 Å². The molecule has 0 bridgehead atoms. The van der Waals surface area contributed by atoms with Crippen LogP contribution in [0.2, 0.25) is 0 Å². The molecule has 10 heteroatoms. The van der Waals surface area contributed by atoms with Crippen molar-refractivity contribution in [1.82, 2.24) is 0 Å². The standard InChI is InChI=1S/C24H20N4O4S.Na.H/c1-16-8-13-24(32-2)23(14-16)28-27-22-12-11-21(26-25-17-6-4-3-5-7-17)19-10-9-18(15-20(19)22)33(29,30)31;;/h3-15H,1-2H3,(H,29,30,31);;/q;+1;-1. The van der Waals surface area contributed by atoms with E-state index in [0.29, 0.717) is 39.3 Å². The van der Waals surface area contributed by atoms with Gasteiger partial charge in [0.2, 0.25) is 0 Å². The fourth-order valence-electron chi connectivity index (χ4n) is 3.22. The van der Waals surface area contributed by atoms with Gasteiger partial charge in [0, 0.05) is 10.8 Å². The van der Waals surface area contributed by atoms with Crippen molar-refractivity contribution < 1.29 is 48.7 Å². The fraction of sp³-hybridized carbons (Fsp3) is 0.0833. The van der Waals surface area contributed by atoms with Crippen LogP contribution in [0.3, 0.4) is 0 Å². The Kier molecular flexibility index (Phi) is 8.29. The summed E-state index contributed by atoms with van der Waals surface area (Å²) in [6, 6.07) is 22.4. The van der Waals surface area contributed by atoms with E-state index in [1.807, 2.05) is 49.4 Å². The number of hydrogen-bond acceptors (Lipinski definition) is 7. The molecule has 0 aromatic heterocycles. The molecule has 0 aliphatic heterocycles. The van der Waals surface area contributed by atoms with Crippen molar-refractivity contribution in [2.24, 2.45) is 20.5 Å². The van der Waals surface area contributed by atoms with E-state index in [-0.39, 0.29) is 35.9 Å². The third-order valence-electron chi connectivity index (χ3n) is 4.87. The van der Waals surface area contributed by atoms with Crippen LogP contribution < -0.4 is 34.3 Å². The van der Waals surface area contributed by atoms with Gasteiger partial charge >= 0.3 is 29.6 Å². The van der Waals surface area contributed by atoms with E-state index < -0.39 is 10.1 Å². The molecular formula is C24H21N4NaO4S. The summed E-state index contributed by atoms with van der Waals surface area (Å²) >= 11 is 0. The molecule has 34 heavy (non-hydrogen) atoms. The predicted octanol–water partition coefficient (Wildman–Crippen LogP) is 4.35. The second-order valence-corrected chi connectivity index (χ2v) is 8.62. The van der Waals surface area contributed by atoms with Gasteiger partial charge in [-0.3, -0.25) is 4.55 Å². The minimum atomic E-state index is -4.41. The molecule has 8 nitrogen and oxygen atoms in total. The molecule has 0 heterocycles. The molecule has 168 valence electrons. The van der Waals surface area contributed by atoms with Gasteiger partial charge < -0.3 is 6.16 Å². The summed E-state index contributed by atoms with van der Waals surface area (Å²) in [4.78, 5) is -0.253. The number of nitrogens with zero attached hydrogens (tertiary/aromatic N) is 4. The van der Waals surface area contributed by atoms with Crippen LogP contribution in [0.4, 0.5) is 22.7 Å². The average Bonchev–Trinajstić information content (AvgIpc) is 2.81. The molecule has 0 amide bonds. The van der Waals surface area contributed by atoms with E-state index >= 15 is 0 Å². The Hall–Kier alpha value is -2.95. The third kappa shape index (κ3) is 5.94. The summed E-state index contributed by atoms with van der Waals surface area (Å²) in [5, 5.41) is 18.3. The summed E-state index contributed by atoms with van der Waals surface area (Å²) in [5.74, 6) is 0.556. The Balaban J connectivity index is 0.00000216. The monoisotopic (exact) mass is 484 g/mol. The molecule has 0 aliphatic rings. The summed E-state index contributed by atoms with van der Waals surface area (Å²) in [5.41, 5.74) is 3.11. The molecule has 0 saturated carbocycles. The summed E-state index contributed by atoms with van der Waals surface area (Å²) in [6.07, 6.45) is 0. The molecule has 0 atom stereocenters. The Morgan fingerprint density at radius 1 is 0.765 bits per heavy atom. The van der Waals surface area contributed by atoms with Crippen LogP contribution in [0.25, 0.3) is 10.8 Å². The van der Waals surface area contributed by atoms with E-state index in [2.05, 4.69) is 20.5 Å². The zero-order valence-electron chi connectivity index (χ0n) is 19.9. The molecule has 0 spiro atoms. The van der Waals surface area contributed by atoms with Crippen molar-refractivity contribution in [2.75, 3.05) is 7.11 Å². The molecule has 0 fully saturated rings. The minimum Gasteiger partial charge on any atom is -1.00 e. The first-order valence-corrected chi connectivity index (χ1v) is 11.4. The van der Waals surface area contributed by atoms with Crippen LogP contribution in [0, 0.1) is 6.92 Å². The van der Waals surface area contributed by atoms with Crippen molar-refractivity contribution in [3.8, 4) is 5.75 Å². The molecule has 0 radical (unpaired) electrons. The van der Waals surface area contributed by atoms with E-state index in [9.17, 15) is 13.0 Å². The number of aryl methyl sites for hydroxylation is 1. The number of azo groups is 2. The maximum atomic E-state index is 11.7. The minimum absolute atomic E-state index is 0. The number of rotatable bonds is 6. The number of hydrogen-bond donors (Lipinski definition) is 1. The van der Waals surface area contributed by atoms with Gasteiger partial charge in [-0.1, -0.05) is 30.3 Å². The summed E-state index contributed by atoms with van der Waals surface area (Å²) in [7, 11) is -2.86. The molecule has 4 rings (SSSR count). The zero-order valence-corrected chi connectivity index (χ0v) is 21.7. The second-order valence-electron chi connectivity index (χ2n) is 7.20. The number of fused-ring (bicyclic) bond motifs is 1. The summed E-state index contributed by atoms with van der Waals surface area (Å²) < 4.78 is 38.3. The molecular weight excluding hydrogens is 463 g/mol. The first-order valence-electron chi connectivity index (χ1n) is 9.92. The molecule has 4 aromatic carbocycles. The van der Waals surface area contributed by atoms with Crippen LogP contribution in [0.5, 0.6) is 5.75 Å². The third-order valence-corrected chi connectivity index (χ3v) is 5.72. The van der Waals surface area contributed by atoms with Gasteiger partial charge in [0.1, 0.15) is 11.4 Å². The maximum Gasteiger partial charge on any atom is 1.00 e. The quantitative estimate of drug-likeness (QED) is 0.249.